The molecule has 1 aromatic rings. The molecule has 0 bridgehead atoms. The molecule has 1 saturated carbocycles. The summed E-state index contributed by atoms with van der Waals surface area (Å²) in [6.07, 6.45) is 2.16. The van der Waals surface area contributed by atoms with Gasteiger partial charge < -0.3 is 20.7 Å². The highest BCUT2D eigenvalue weighted by molar-refractivity contribution is 5.95. The van der Waals surface area contributed by atoms with Gasteiger partial charge in [-0.1, -0.05) is 30.3 Å². The number of rotatable bonds is 8. The maximum absolute atomic E-state index is 12.9. The number of hydrogen-bond donors (Lipinski definition) is 3. The second-order valence-corrected chi connectivity index (χ2v) is 8.83. The molecule has 3 amide bonds. The summed E-state index contributed by atoms with van der Waals surface area (Å²) in [6.45, 7) is 7.37. The third-order valence-electron chi connectivity index (χ3n) is 6.42. The number of nitrogens with zero attached hydrogens (tertiary/aromatic N) is 2. The van der Waals surface area contributed by atoms with Crippen LogP contribution in [0.25, 0.3) is 0 Å². The standard InChI is InChI=1S/C24H33N5O4/c1-3-33-23(31)20-19(26-24(32)27-21(20)17-7-5-4-6-8-17)15-28-11-13-29(14-12-28)16(2)22(30)25-18-9-10-18/h4-8,16,18,21H,3,9-15H2,1-2H3,(H,25,30)(H2,26,27,32)/t16-,21+/m1/s1. The van der Waals surface area contributed by atoms with Crippen LogP contribution in [0, 0.1) is 0 Å². The van der Waals surface area contributed by atoms with Crippen molar-refractivity contribution in [3.63, 3.8) is 0 Å². The fourth-order valence-electron chi connectivity index (χ4n) is 4.34. The molecule has 2 aliphatic heterocycles. The highest BCUT2D eigenvalue weighted by Crippen LogP contribution is 2.28. The minimum atomic E-state index is -0.568. The summed E-state index contributed by atoms with van der Waals surface area (Å²) >= 11 is 0. The first-order valence-corrected chi connectivity index (χ1v) is 11.8. The Kier molecular flexibility index (Phi) is 7.29. The van der Waals surface area contributed by atoms with E-state index in [4.69, 9.17) is 4.74 Å². The van der Waals surface area contributed by atoms with Gasteiger partial charge in [0, 0.05) is 44.5 Å². The summed E-state index contributed by atoms with van der Waals surface area (Å²) in [5.41, 5.74) is 1.83. The van der Waals surface area contributed by atoms with Gasteiger partial charge in [-0.05, 0) is 32.3 Å². The van der Waals surface area contributed by atoms with Crippen LogP contribution in [0.1, 0.15) is 38.3 Å². The fraction of sp³-hybridized carbons (Fsp3) is 0.542. The number of esters is 1. The van der Waals surface area contributed by atoms with Crippen molar-refractivity contribution in [3.8, 4) is 0 Å². The zero-order valence-electron chi connectivity index (χ0n) is 19.3. The van der Waals surface area contributed by atoms with Crippen molar-refractivity contribution in [2.24, 2.45) is 0 Å². The van der Waals surface area contributed by atoms with E-state index in [1.54, 1.807) is 6.92 Å². The number of ether oxygens (including phenoxy) is 1. The molecule has 1 aliphatic carbocycles. The summed E-state index contributed by atoms with van der Waals surface area (Å²) in [5, 5.41) is 8.78. The molecule has 0 spiro atoms. The molecule has 1 aromatic carbocycles. The number of piperazine rings is 1. The highest BCUT2D eigenvalue weighted by Gasteiger charge is 2.35. The Balaban J connectivity index is 1.46. The zero-order valence-corrected chi connectivity index (χ0v) is 19.3. The van der Waals surface area contributed by atoms with E-state index in [0.717, 1.165) is 44.6 Å². The summed E-state index contributed by atoms with van der Waals surface area (Å²) in [5.74, 6) is -0.340. The normalized spacial score (nSPS) is 22.8. The second-order valence-electron chi connectivity index (χ2n) is 8.83. The number of carbonyl (C=O) groups is 3. The second kappa shape index (κ2) is 10.4. The number of urea groups is 1. The Hall–Kier alpha value is -2.91. The van der Waals surface area contributed by atoms with Crippen LogP contribution < -0.4 is 16.0 Å². The molecule has 9 nitrogen and oxygen atoms in total. The third-order valence-corrected chi connectivity index (χ3v) is 6.42. The van der Waals surface area contributed by atoms with Gasteiger partial charge in [-0.25, -0.2) is 9.59 Å². The Morgan fingerprint density at radius 1 is 1.15 bits per heavy atom. The van der Waals surface area contributed by atoms with Gasteiger partial charge in [0.2, 0.25) is 5.91 Å². The Bertz CT molecular complexity index is 907. The van der Waals surface area contributed by atoms with Crippen LogP contribution in [-0.2, 0) is 14.3 Å². The number of benzene rings is 1. The molecular weight excluding hydrogens is 422 g/mol. The van der Waals surface area contributed by atoms with Crippen LogP contribution in [0.2, 0.25) is 0 Å². The van der Waals surface area contributed by atoms with Crippen LogP contribution in [0.3, 0.4) is 0 Å². The lowest BCUT2D eigenvalue weighted by Crippen LogP contribution is -2.55. The van der Waals surface area contributed by atoms with Crippen LogP contribution in [0.4, 0.5) is 4.79 Å². The van der Waals surface area contributed by atoms with E-state index in [2.05, 4.69) is 25.8 Å². The average Bonchev–Trinajstić information content (AvgIpc) is 3.63. The quantitative estimate of drug-likeness (QED) is 0.508. The van der Waals surface area contributed by atoms with Crippen molar-refractivity contribution in [2.45, 2.75) is 44.8 Å². The first kappa shape index (κ1) is 23.3. The Morgan fingerprint density at radius 3 is 2.48 bits per heavy atom. The molecule has 2 heterocycles. The monoisotopic (exact) mass is 455 g/mol. The predicted molar refractivity (Wildman–Crippen MR) is 123 cm³/mol. The predicted octanol–water partition coefficient (Wildman–Crippen LogP) is 1.14. The van der Waals surface area contributed by atoms with Crippen molar-refractivity contribution in [1.82, 2.24) is 25.8 Å². The maximum atomic E-state index is 12.9. The topological polar surface area (TPSA) is 103 Å². The number of amides is 3. The molecule has 3 N–H and O–H groups in total. The number of hydrogen-bond acceptors (Lipinski definition) is 6. The van der Waals surface area contributed by atoms with E-state index >= 15 is 0 Å². The first-order chi connectivity index (χ1) is 16.0. The van der Waals surface area contributed by atoms with Gasteiger partial charge in [-0.2, -0.15) is 0 Å². The Morgan fingerprint density at radius 2 is 1.85 bits per heavy atom. The lowest BCUT2D eigenvalue weighted by molar-refractivity contribution is -0.139. The Labute approximate surface area is 194 Å². The van der Waals surface area contributed by atoms with E-state index in [0.29, 0.717) is 23.9 Å². The molecular formula is C24H33N5O4. The minimum absolute atomic E-state index is 0.0922. The molecule has 0 unspecified atom stereocenters. The largest absolute Gasteiger partial charge is 0.463 e. The van der Waals surface area contributed by atoms with Gasteiger partial charge in [-0.15, -0.1) is 0 Å². The lowest BCUT2D eigenvalue weighted by Gasteiger charge is -2.38. The van der Waals surface area contributed by atoms with Crippen LogP contribution in [-0.4, -0.2) is 79.1 Å². The first-order valence-electron chi connectivity index (χ1n) is 11.8. The smallest absolute Gasteiger partial charge is 0.338 e. The van der Waals surface area contributed by atoms with Crippen LogP contribution in [0.15, 0.2) is 41.6 Å². The summed E-state index contributed by atoms with van der Waals surface area (Å²) < 4.78 is 5.34. The van der Waals surface area contributed by atoms with Gasteiger partial charge >= 0.3 is 12.0 Å². The number of carbonyl (C=O) groups excluding carboxylic acids is 3. The SMILES string of the molecule is CCOC(=O)C1=C(CN2CCN([C@H](C)C(=O)NC3CC3)CC2)NC(=O)N[C@H]1c1ccccc1. The number of nitrogens with one attached hydrogen (secondary N) is 3. The van der Waals surface area contributed by atoms with E-state index in [1.807, 2.05) is 37.3 Å². The van der Waals surface area contributed by atoms with Gasteiger partial charge in [0.1, 0.15) is 0 Å². The van der Waals surface area contributed by atoms with Gasteiger partial charge in [0.05, 0.1) is 24.3 Å². The molecule has 33 heavy (non-hydrogen) atoms. The maximum Gasteiger partial charge on any atom is 0.338 e. The molecule has 3 aliphatic rings. The minimum Gasteiger partial charge on any atom is -0.463 e. The van der Waals surface area contributed by atoms with Crippen LogP contribution in [0.5, 0.6) is 0 Å². The van der Waals surface area contributed by atoms with Crippen molar-refractivity contribution in [1.29, 1.82) is 0 Å². The van der Waals surface area contributed by atoms with Crippen LogP contribution >= 0.6 is 0 Å². The summed E-state index contributed by atoms with van der Waals surface area (Å²) in [4.78, 5) is 42.1. The lowest BCUT2D eigenvalue weighted by atomic mass is 9.95. The van der Waals surface area contributed by atoms with Gasteiger partial charge in [-0.3, -0.25) is 14.6 Å². The zero-order chi connectivity index (χ0) is 23.4. The molecule has 4 rings (SSSR count). The van der Waals surface area contributed by atoms with Crippen molar-refractivity contribution in [2.75, 3.05) is 39.3 Å². The van der Waals surface area contributed by atoms with E-state index in [9.17, 15) is 14.4 Å². The van der Waals surface area contributed by atoms with E-state index in [-0.39, 0.29) is 24.6 Å². The van der Waals surface area contributed by atoms with Crippen molar-refractivity contribution < 1.29 is 19.1 Å². The highest BCUT2D eigenvalue weighted by atomic mass is 16.5. The third kappa shape index (κ3) is 5.72. The van der Waals surface area contributed by atoms with Crippen molar-refractivity contribution >= 4 is 17.9 Å². The summed E-state index contributed by atoms with van der Waals surface area (Å²) in [7, 11) is 0. The molecule has 0 aromatic heterocycles. The van der Waals surface area contributed by atoms with Gasteiger partial charge in [0.25, 0.3) is 0 Å². The van der Waals surface area contributed by atoms with Gasteiger partial charge in [0.15, 0.2) is 0 Å². The van der Waals surface area contributed by atoms with E-state index < -0.39 is 12.0 Å². The molecule has 1 saturated heterocycles. The average molecular weight is 456 g/mol. The van der Waals surface area contributed by atoms with E-state index in [1.165, 1.54) is 0 Å². The fourth-order valence-corrected chi connectivity index (χ4v) is 4.34. The summed E-state index contributed by atoms with van der Waals surface area (Å²) in [6, 6.07) is 8.72. The molecule has 2 fully saturated rings. The molecule has 9 heteroatoms. The molecule has 178 valence electrons. The molecule has 0 radical (unpaired) electrons. The molecule has 2 atom stereocenters. The van der Waals surface area contributed by atoms with Crippen molar-refractivity contribution in [3.05, 3.63) is 47.2 Å².